The summed E-state index contributed by atoms with van der Waals surface area (Å²) in [5.74, 6) is -2.15. The quantitative estimate of drug-likeness (QED) is 0.307. The zero-order chi connectivity index (χ0) is 25.2. The number of carbonyl (C=O) groups is 1. The number of carbonyl (C=O) groups excluding carboxylic acids is 1. The third-order valence-corrected chi connectivity index (χ3v) is 4.72. The summed E-state index contributed by atoms with van der Waals surface area (Å²) in [7, 11) is 0. The predicted molar refractivity (Wildman–Crippen MR) is 118 cm³/mol. The van der Waals surface area contributed by atoms with Crippen LogP contribution in [-0.4, -0.2) is 16.0 Å². The van der Waals surface area contributed by atoms with Gasteiger partial charge in [0.1, 0.15) is 11.6 Å². The number of amides is 2. The molecule has 2 amide bonds. The number of aromatic nitrogens is 2. The Balaban J connectivity index is 1.45. The van der Waals surface area contributed by atoms with E-state index < -0.39 is 29.4 Å². The standard InChI is InChI=1S/C23H16F5N5O2/c24-17-4-1-12(7-16(17)23(26,27)28)32-22(34)33-13-2-6-21(18(25)8-13)35-15-3-5-19-20(9-15)31-14(10-29)11-30-19/h1-9,11H,10,29H2,(H2,32,33,34). The van der Waals surface area contributed by atoms with Crippen molar-refractivity contribution in [2.45, 2.75) is 12.7 Å². The maximum Gasteiger partial charge on any atom is 0.419 e. The van der Waals surface area contributed by atoms with Crippen LogP contribution in [0.25, 0.3) is 11.0 Å². The van der Waals surface area contributed by atoms with Gasteiger partial charge in [-0.25, -0.2) is 18.6 Å². The molecular formula is C23H16F5N5O2. The third-order valence-electron chi connectivity index (χ3n) is 4.72. The molecular weight excluding hydrogens is 473 g/mol. The molecule has 7 nitrogen and oxygen atoms in total. The number of hydrogen-bond acceptors (Lipinski definition) is 5. The zero-order valence-electron chi connectivity index (χ0n) is 17.7. The first-order chi connectivity index (χ1) is 16.6. The Hall–Kier alpha value is -4.32. The van der Waals surface area contributed by atoms with Gasteiger partial charge in [0.2, 0.25) is 0 Å². The first-order valence-corrected chi connectivity index (χ1v) is 10.0. The van der Waals surface area contributed by atoms with E-state index in [0.29, 0.717) is 28.9 Å². The van der Waals surface area contributed by atoms with Crippen LogP contribution in [-0.2, 0) is 12.7 Å². The molecule has 0 bridgehead atoms. The second kappa shape index (κ2) is 9.50. The third kappa shape index (κ3) is 5.61. The lowest BCUT2D eigenvalue weighted by molar-refractivity contribution is -0.139. The van der Waals surface area contributed by atoms with E-state index in [1.807, 2.05) is 0 Å². The Bertz CT molecular complexity index is 1410. The van der Waals surface area contributed by atoms with Gasteiger partial charge in [0.05, 0.1) is 28.5 Å². The van der Waals surface area contributed by atoms with Crippen LogP contribution in [0.3, 0.4) is 0 Å². The molecule has 0 unspecified atom stereocenters. The molecule has 0 aliphatic rings. The van der Waals surface area contributed by atoms with Crippen molar-refractivity contribution in [1.29, 1.82) is 0 Å². The van der Waals surface area contributed by atoms with E-state index in [0.717, 1.165) is 12.1 Å². The van der Waals surface area contributed by atoms with Gasteiger partial charge < -0.3 is 21.1 Å². The second-order valence-corrected chi connectivity index (χ2v) is 7.23. The van der Waals surface area contributed by atoms with Gasteiger partial charge in [-0.3, -0.25) is 4.98 Å². The van der Waals surface area contributed by atoms with Gasteiger partial charge in [-0.1, -0.05) is 0 Å². The lowest BCUT2D eigenvalue weighted by atomic mass is 10.2. The van der Waals surface area contributed by atoms with Crippen molar-refractivity contribution >= 4 is 28.4 Å². The number of alkyl halides is 3. The Kier molecular flexibility index (Phi) is 6.47. The summed E-state index contributed by atoms with van der Waals surface area (Å²) >= 11 is 0. The molecule has 4 rings (SSSR count). The van der Waals surface area contributed by atoms with Crippen molar-refractivity contribution in [1.82, 2.24) is 9.97 Å². The van der Waals surface area contributed by atoms with E-state index in [1.54, 1.807) is 24.4 Å². The number of urea groups is 1. The van der Waals surface area contributed by atoms with Crippen molar-refractivity contribution in [3.8, 4) is 11.5 Å². The molecule has 0 spiro atoms. The number of ether oxygens (including phenoxy) is 1. The van der Waals surface area contributed by atoms with Crippen LogP contribution in [0.4, 0.5) is 38.1 Å². The summed E-state index contributed by atoms with van der Waals surface area (Å²) in [6, 6.07) is 9.40. The topological polar surface area (TPSA) is 102 Å². The molecule has 1 heterocycles. The van der Waals surface area contributed by atoms with Gasteiger partial charge >= 0.3 is 12.2 Å². The van der Waals surface area contributed by atoms with Crippen LogP contribution in [0.15, 0.2) is 60.8 Å². The number of rotatable bonds is 5. The Labute approximate surface area is 194 Å². The molecule has 0 fully saturated rings. The highest BCUT2D eigenvalue weighted by Crippen LogP contribution is 2.33. The predicted octanol–water partition coefficient (Wildman–Crippen LogP) is 5.82. The van der Waals surface area contributed by atoms with Crippen molar-refractivity contribution in [3.05, 3.63) is 83.7 Å². The average molecular weight is 489 g/mol. The average Bonchev–Trinajstić information content (AvgIpc) is 2.81. The molecule has 35 heavy (non-hydrogen) atoms. The summed E-state index contributed by atoms with van der Waals surface area (Å²) in [6.45, 7) is 0.204. The van der Waals surface area contributed by atoms with Gasteiger partial charge in [-0.15, -0.1) is 0 Å². The normalized spacial score (nSPS) is 11.4. The van der Waals surface area contributed by atoms with Gasteiger partial charge in [0, 0.05) is 30.1 Å². The monoisotopic (exact) mass is 489 g/mol. The maximum atomic E-state index is 14.6. The van der Waals surface area contributed by atoms with E-state index in [2.05, 4.69) is 20.6 Å². The number of benzene rings is 3. The molecule has 4 N–H and O–H groups in total. The van der Waals surface area contributed by atoms with Crippen LogP contribution >= 0.6 is 0 Å². The van der Waals surface area contributed by atoms with Gasteiger partial charge in [-0.2, -0.15) is 13.2 Å². The summed E-state index contributed by atoms with van der Waals surface area (Å²) in [5, 5.41) is 4.42. The van der Waals surface area contributed by atoms with Gasteiger partial charge in [0.15, 0.2) is 11.6 Å². The summed E-state index contributed by atoms with van der Waals surface area (Å²) in [5.41, 5.74) is 5.43. The largest absolute Gasteiger partial charge is 0.454 e. The van der Waals surface area contributed by atoms with E-state index in [1.165, 1.54) is 12.1 Å². The van der Waals surface area contributed by atoms with Crippen molar-refractivity contribution in [2.24, 2.45) is 5.73 Å². The van der Waals surface area contributed by atoms with Crippen LogP contribution in [0, 0.1) is 11.6 Å². The molecule has 4 aromatic rings. The van der Waals surface area contributed by atoms with E-state index in [4.69, 9.17) is 10.5 Å². The molecule has 0 radical (unpaired) electrons. The van der Waals surface area contributed by atoms with Crippen molar-refractivity contribution in [2.75, 3.05) is 10.6 Å². The fourth-order valence-corrected chi connectivity index (χ4v) is 3.09. The second-order valence-electron chi connectivity index (χ2n) is 7.23. The Morgan fingerprint density at radius 1 is 0.914 bits per heavy atom. The molecule has 180 valence electrons. The number of halogens is 5. The number of nitrogens with one attached hydrogen (secondary N) is 2. The smallest absolute Gasteiger partial charge is 0.419 e. The molecule has 3 aromatic carbocycles. The van der Waals surface area contributed by atoms with Gasteiger partial charge in [0.25, 0.3) is 0 Å². The number of fused-ring (bicyclic) bond motifs is 1. The summed E-state index contributed by atoms with van der Waals surface area (Å²) < 4.78 is 72.0. The number of anilines is 2. The molecule has 0 aliphatic carbocycles. The summed E-state index contributed by atoms with van der Waals surface area (Å²) in [6.07, 6.45) is -3.38. The lowest BCUT2D eigenvalue weighted by Crippen LogP contribution is -2.20. The minimum Gasteiger partial charge on any atom is -0.454 e. The fourth-order valence-electron chi connectivity index (χ4n) is 3.09. The Morgan fingerprint density at radius 2 is 1.63 bits per heavy atom. The lowest BCUT2D eigenvalue weighted by Gasteiger charge is -2.12. The van der Waals surface area contributed by atoms with E-state index in [-0.39, 0.29) is 29.4 Å². The SMILES string of the molecule is NCc1cnc2ccc(Oc3ccc(NC(=O)Nc4ccc(F)c(C(F)(F)F)c4)cc3F)cc2n1. The zero-order valence-corrected chi connectivity index (χ0v) is 17.7. The first-order valence-electron chi connectivity index (χ1n) is 10.0. The molecule has 1 aromatic heterocycles. The first kappa shape index (κ1) is 23.8. The molecule has 12 heteroatoms. The number of nitrogens with two attached hydrogens (primary N) is 1. The van der Waals surface area contributed by atoms with Crippen LogP contribution < -0.4 is 21.1 Å². The highest BCUT2D eigenvalue weighted by atomic mass is 19.4. The van der Waals surface area contributed by atoms with Crippen molar-refractivity contribution < 1.29 is 31.5 Å². The van der Waals surface area contributed by atoms with Crippen LogP contribution in [0.2, 0.25) is 0 Å². The number of nitrogens with zero attached hydrogens (tertiary/aromatic N) is 2. The molecule has 0 saturated carbocycles. The Morgan fingerprint density at radius 3 is 2.31 bits per heavy atom. The minimum absolute atomic E-state index is 0.00229. The maximum absolute atomic E-state index is 14.6. The van der Waals surface area contributed by atoms with E-state index >= 15 is 0 Å². The highest BCUT2D eigenvalue weighted by molar-refractivity contribution is 5.99. The fraction of sp³-hybridized carbons (Fsp3) is 0.0870. The molecule has 0 aliphatic heterocycles. The van der Waals surface area contributed by atoms with Gasteiger partial charge in [-0.05, 0) is 42.5 Å². The number of hydrogen-bond donors (Lipinski definition) is 3. The molecule has 0 saturated heterocycles. The van der Waals surface area contributed by atoms with Crippen molar-refractivity contribution in [3.63, 3.8) is 0 Å². The summed E-state index contributed by atoms with van der Waals surface area (Å²) in [4.78, 5) is 20.7. The van der Waals surface area contributed by atoms with E-state index in [9.17, 15) is 26.7 Å². The van der Waals surface area contributed by atoms with Crippen LogP contribution in [0.1, 0.15) is 11.3 Å². The van der Waals surface area contributed by atoms with Crippen LogP contribution in [0.5, 0.6) is 11.5 Å². The molecule has 0 atom stereocenters. The highest BCUT2D eigenvalue weighted by Gasteiger charge is 2.34. The minimum atomic E-state index is -4.93.